The lowest BCUT2D eigenvalue weighted by Crippen LogP contribution is -2.30. The number of carboxylic acid groups (broad SMARTS) is 3. The van der Waals surface area contributed by atoms with E-state index in [0.717, 1.165) is 128 Å². The van der Waals surface area contributed by atoms with Crippen LogP contribution in [0.3, 0.4) is 0 Å². The second-order valence-corrected chi connectivity index (χ2v) is 28.4. The molecule has 0 fully saturated rings. The Labute approximate surface area is 633 Å². The van der Waals surface area contributed by atoms with Gasteiger partial charge in [0.1, 0.15) is 39.0 Å². The smallest absolute Gasteiger partial charge is 0.314 e. The summed E-state index contributed by atoms with van der Waals surface area (Å²) in [6.07, 6.45) is 80.5. The molecule has 606 valence electrons. The molecular formula is C87H156O17. The predicted octanol–water partition coefficient (Wildman–Crippen LogP) is 23.8. The normalized spacial score (nSPS) is 11.4. The van der Waals surface area contributed by atoms with Gasteiger partial charge in [0, 0.05) is 38.5 Å². The second-order valence-electron chi connectivity index (χ2n) is 28.4. The van der Waals surface area contributed by atoms with Crippen LogP contribution in [0.4, 0.5) is 0 Å². The molecule has 0 amide bonds. The highest BCUT2D eigenvalue weighted by Crippen LogP contribution is 2.17. The Balaban J connectivity index is -0.00000182. The number of carboxylic acids is 3. The Kier molecular flexibility index (Phi) is 85.6. The van der Waals surface area contributed by atoms with Gasteiger partial charge >= 0.3 is 47.8 Å². The first kappa shape index (κ1) is 103. The minimum absolute atomic E-state index is 0.0152. The highest BCUT2D eigenvalue weighted by Gasteiger charge is 2.20. The fraction of sp³-hybridized carbons (Fsp3) is 0.816. The van der Waals surface area contributed by atoms with Crippen LogP contribution in [0.2, 0.25) is 0 Å². The molecule has 0 radical (unpaired) electrons. The van der Waals surface area contributed by atoms with Crippen molar-refractivity contribution in [2.24, 2.45) is 0 Å². The molecule has 0 aromatic heterocycles. The van der Waals surface area contributed by atoms with Crippen LogP contribution < -0.4 is 0 Å². The monoisotopic (exact) mass is 1470 g/mol. The molecule has 0 aromatic rings. The summed E-state index contributed by atoms with van der Waals surface area (Å²) in [5.74, 6) is -5.35. The van der Waals surface area contributed by atoms with Gasteiger partial charge in [0.25, 0.3) is 0 Å². The number of carbonyl (C=O) groups is 8. The van der Waals surface area contributed by atoms with Crippen LogP contribution in [0.25, 0.3) is 0 Å². The minimum atomic E-state index is -1.31. The lowest BCUT2D eigenvalue weighted by Gasteiger charge is -2.18. The average Bonchev–Trinajstić information content (AvgIpc) is 1.15. The van der Waals surface area contributed by atoms with Gasteiger partial charge in [0.05, 0.1) is 0 Å². The number of allylic oxidation sites excluding steroid dienone is 8. The van der Waals surface area contributed by atoms with Crippen LogP contribution in [0.1, 0.15) is 419 Å². The Morgan fingerprint density at radius 3 is 0.654 bits per heavy atom. The molecule has 0 saturated carbocycles. The summed E-state index contributed by atoms with van der Waals surface area (Å²) in [5.41, 5.74) is 0. The standard InChI is InChI=1S/C45H80O8.C39H72O5.C3H4O4/c1-3-5-7-9-11-13-15-17-19-21-23-25-27-29-31-36-43(48)51-39-41(53-45(50)38-34-33-35-42(46)47)40-52-44(49)37-32-30-28-26-24-22-20-18-16-14-12-10-8-6-4-2;1-3-5-7-9-11-13-15-17-19-21-23-25-27-29-31-33-38(41)43-35-37(40)36-44-39(42)34-32-30-28-26-24-22-20-18-16-14-12-10-8-6-4-2;4-2(5)1-3(6)7/h17-20,41H,3-16,21-40H2,1-2H3,(H,46,47);17-20,37,40H,3-16,21-36H2,1-2H3;1H2,(H,4,5)(H,6,7)/b2*19-17-,20-18-;. The van der Waals surface area contributed by atoms with E-state index in [9.17, 15) is 43.5 Å². The van der Waals surface area contributed by atoms with Crippen LogP contribution in [0.5, 0.6) is 0 Å². The number of unbranched alkanes of at least 4 members (excludes halogenated alkanes) is 45. The second kappa shape index (κ2) is 86.6. The van der Waals surface area contributed by atoms with Gasteiger partial charge in [0.15, 0.2) is 6.10 Å². The topological polar surface area (TPSA) is 264 Å². The zero-order chi connectivity index (χ0) is 76.9. The van der Waals surface area contributed by atoms with E-state index in [0.29, 0.717) is 38.5 Å². The molecule has 17 nitrogen and oxygen atoms in total. The molecule has 17 heteroatoms. The molecule has 4 N–H and O–H groups in total. The quantitative estimate of drug-likeness (QED) is 0.0145. The molecule has 0 bridgehead atoms. The zero-order valence-corrected chi connectivity index (χ0v) is 66.8. The Morgan fingerprint density at radius 2 is 0.433 bits per heavy atom. The Hall–Kier alpha value is -5.32. The molecule has 104 heavy (non-hydrogen) atoms. The van der Waals surface area contributed by atoms with Gasteiger partial charge in [-0.2, -0.15) is 0 Å². The maximum absolute atomic E-state index is 12.4. The summed E-state index contributed by atoms with van der Waals surface area (Å²) < 4.78 is 26.6. The summed E-state index contributed by atoms with van der Waals surface area (Å²) in [5, 5.41) is 34.2. The number of aliphatic hydroxyl groups excluding tert-OH is 1. The molecular weight excluding hydrogens is 1320 g/mol. The Bertz CT molecular complexity index is 1960. The lowest BCUT2D eigenvalue weighted by atomic mass is 10.1. The largest absolute Gasteiger partial charge is 0.481 e. The number of hydrogen-bond donors (Lipinski definition) is 4. The van der Waals surface area contributed by atoms with E-state index >= 15 is 0 Å². The highest BCUT2D eigenvalue weighted by atomic mass is 16.6. The zero-order valence-electron chi connectivity index (χ0n) is 66.8. The van der Waals surface area contributed by atoms with Crippen LogP contribution in [0.15, 0.2) is 48.6 Å². The molecule has 0 unspecified atom stereocenters. The number of carbonyl (C=O) groups excluding carboxylic acids is 5. The van der Waals surface area contributed by atoms with E-state index in [1.807, 2.05) is 0 Å². The first-order valence-electron chi connectivity index (χ1n) is 42.4. The third-order valence-electron chi connectivity index (χ3n) is 17.9. The van der Waals surface area contributed by atoms with E-state index in [1.165, 1.54) is 205 Å². The SMILES string of the molecule is CCCCCCCC/C=C\CCCCCCCC(=O)OCC(COC(=O)CCCCCCC/C=C\CCCCCCCC)OC(=O)CCCCC(=O)O.CCCCCCCC/C=C\CCCCCCCC(=O)OCC(O)COC(=O)CCCCCCC/C=C\CCCCCCCC.O=C(O)CC(=O)O. The maximum Gasteiger partial charge on any atom is 0.314 e. The van der Waals surface area contributed by atoms with E-state index in [2.05, 4.69) is 76.3 Å². The van der Waals surface area contributed by atoms with E-state index in [4.69, 9.17) is 39.0 Å². The van der Waals surface area contributed by atoms with Crippen LogP contribution >= 0.6 is 0 Å². The van der Waals surface area contributed by atoms with Crippen molar-refractivity contribution >= 4 is 47.8 Å². The molecule has 0 aliphatic carbocycles. The lowest BCUT2D eigenvalue weighted by molar-refractivity contribution is -0.167. The number of ether oxygens (including phenoxy) is 5. The van der Waals surface area contributed by atoms with Crippen LogP contribution in [-0.2, 0) is 62.0 Å². The molecule has 0 heterocycles. The van der Waals surface area contributed by atoms with Crippen LogP contribution in [-0.4, -0.2) is 107 Å². The van der Waals surface area contributed by atoms with Gasteiger partial charge in [-0.15, -0.1) is 0 Å². The van der Waals surface area contributed by atoms with E-state index < -0.39 is 42.5 Å². The van der Waals surface area contributed by atoms with Crippen molar-refractivity contribution in [1.29, 1.82) is 0 Å². The molecule has 0 atom stereocenters. The highest BCUT2D eigenvalue weighted by molar-refractivity contribution is 5.88. The number of rotatable bonds is 76. The van der Waals surface area contributed by atoms with Crippen molar-refractivity contribution in [3.63, 3.8) is 0 Å². The average molecular weight is 1470 g/mol. The van der Waals surface area contributed by atoms with Gasteiger partial charge in [-0.1, -0.05) is 282 Å². The summed E-state index contributed by atoms with van der Waals surface area (Å²) in [6.45, 7) is 8.42. The van der Waals surface area contributed by atoms with Gasteiger partial charge < -0.3 is 44.1 Å². The van der Waals surface area contributed by atoms with E-state index in [1.54, 1.807) is 0 Å². The number of esters is 5. The fourth-order valence-electron chi connectivity index (χ4n) is 11.5. The number of aliphatic carboxylic acids is 3. The van der Waals surface area contributed by atoms with Gasteiger partial charge in [-0.25, -0.2) is 0 Å². The molecule has 0 aliphatic heterocycles. The molecule has 0 spiro atoms. The minimum Gasteiger partial charge on any atom is -0.481 e. The van der Waals surface area contributed by atoms with Gasteiger partial charge in [-0.3, -0.25) is 38.4 Å². The summed E-state index contributed by atoms with van der Waals surface area (Å²) >= 11 is 0. The van der Waals surface area contributed by atoms with Crippen molar-refractivity contribution in [1.82, 2.24) is 0 Å². The number of aliphatic hydroxyl groups is 1. The summed E-state index contributed by atoms with van der Waals surface area (Å²) in [7, 11) is 0. The summed E-state index contributed by atoms with van der Waals surface area (Å²) in [4.78, 5) is 90.7. The maximum atomic E-state index is 12.4. The molecule has 0 aromatic carbocycles. The fourth-order valence-corrected chi connectivity index (χ4v) is 11.5. The third-order valence-corrected chi connectivity index (χ3v) is 17.9. The van der Waals surface area contributed by atoms with Gasteiger partial charge in [-0.05, 0) is 141 Å². The van der Waals surface area contributed by atoms with E-state index in [-0.39, 0.29) is 63.1 Å². The predicted molar refractivity (Wildman–Crippen MR) is 424 cm³/mol. The summed E-state index contributed by atoms with van der Waals surface area (Å²) in [6, 6.07) is 0. The number of hydrogen-bond acceptors (Lipinski definition) is 14. The molecule has 0 rings (SSSR count). The van der Waals surface area contributed by atoms with Crippen LogP contribution in [0, 0.1) is 0 Å². The first-order chi connectivity index (χ1) is 50.6. The van der Waals surface area contributed by atoms with Crippen molar-refractivity contribution in [2.45, 2.75) is 432 Å². The molecule has 0 saturated heterocycles. The Morgan fingerprint density at radius 1 is 0.240 bits per heavy atom. The molecule has 0 aliphatic rings. The first-order valence-corrected chi connectivity index (χ1v) is 42.4. The van der Waals surface area contributed by atoms with Crippen molar-refractivity contribution in [3.8, 4) is 0 Å². The van der Waals surface area contributed by atoms with Gasteiger partial charge in [0.2, 0.25) is 0 Å². The third kappa shape index (κ3) is 92.8. The van der Waals surface area contributed by atoms with Crippen molar-refractivity contribution in [3.05, 3.63) is 48.6 Å². The van der Waals surface area contributed by atoms with Crippen molar-refractivity contribution < 1.29 is 82.5 Å². The van der Waals surface area contributed by atoms with Crippen molar-refractivity contribution in [2.75, 3.05) is 26.4 Å².